The van der Waals surface area contributed by atoms with E-state index in [1.54, 1.807) is 36.4 Å². The Kier molecular flexibility index (Phi) is 3.94. The maximum atomic E-state index is 12.2. The van der Waals surface area contributed by atoms with Gasteiger partial charge in [-0.1, -0.05) is 54.1 Å². The van der Waals surface area contributed by atoms with E-state index in [-0.39, 0.29) is 11.5 Å². The molecule has 0 saturated heterocycles. The molecule has 2 nitrogen and oxygen atoms in total. The number of allylic oxidation sites excluding steroid dienone is 1. The van der Waals surface area contributed by atoms with E-state index in [0.717, 1.165) is 10.8 Å². The highest BCUT2D eigenvalue weighted by Gasteiger charge is 2.08. The smallest absolute Gasteiger partial charge is 0.187 e. The number of aromatic hydroxyl groups is 1. The van der Waals surface area contributed by atoms with E-state index >= 15 is 0 Å². The quantitative estimate of drug-likeness (QED) is 0.540. The lowest BCUT2D eigenvalue weighted by atomic mass is 10.0. The Morgan fingerprint density at radius 2 is 1.68 bits per heavy atom. The molecule has 3 aromatic rings. The molecule has 108 valence electrons. The third kappa shape index (κ3) is 2.74. The topological polar surface area (TPSA) is 37.3 Å². The van der Waals surface area contributed by atoms with E-state index in [4.69, 9.17) is 11.6 Å². The molecular formula is C19H13ClO2. The number of halogens is 1. The minimum Gasteiger partial charge on any atom is -0.507 e. The Hall–Kier alpha value is -2.58. The van der Waals surface area contributed by atoms with Crippen molar-refractivity contribution >= 4 is 34.2 Å². The number of rotatable bonds is 3. The van der Waals surface area contributed by atoms with Crippen molar-refractivity contribution in [2.45, 2.75) is 0 Å². The predicted octanol–water partition coefficient (Wildman–Crippen LogP) is 5.09. The highest BCUT2D eigenvalue weighted by molar-refractivity contribution is 6.34. The molecule has 3 rings (SSSR count). The lowest BCUT2D eigenvalue weighted by Crippen LogP contribution is -1.94. The Balaban J connectivity index is 2.01. The van der Waals surface area contributed by atoms with Crippen LogP contribution in [0.1, 0.15) is 15.9 Å². The van der Waals surface area contributed by atoms with Gasteiger partial charge in [-0.2, -0.15) is 0 Å². The van der Waals surface area contributed by atoms with Crippen LogP contribution in [0.3, 0.4) is 0 Å². The molecule has 22 heavy (non-hydrogen) atoms. The van der Waals surface area contributed by atoms with Gasteiger partial charge in [0.05, 0.1) is 5.02 Å². The molecule has 0 bridgehead atoms. The Morgan fingerprint density at radius 3 is 2.50 bits per heavy atom. The van der Waals surface area contributed by atoms with Crippen LogP contribution in [0.4, 0.5) is 0 Å². The van der Waals surface area contributed by atoms with Crippen LogP contribution in [0.25, 0.3) is 16.8 Å². The van der Waals surface area contributed by atoms with Crippen LogP contribution < -0.4 is 0 Å². The summed E-state index contributed by atoms with van der Waals surface area (Å²) in [4.78, 5) is 12.2. The summed E-state index contributed by atoms with van der Waals surface area (Å²) in [7, 11) is 0. The fourth-order valence-corrected chi connectivity index (χ4v) is 2.60. The van der Waals surface area contributed by atoms with Gasteiger partial charge in [0, 0.05) is 11.1 Å². The number of carbonyl (C=O) groups excluding carboxylic acids is 1. The minimum absolute atomic E-state index is 0.141. The lowest BCUT2D eigenvalue weighted by molar-refractivity contribution is 0.104. The highest BCUT2D eigenvalue weighted by Crippen LogP contribution is 2.28. The number of hydrogen-bond acceptors (Lipinski definition) is 2. The number of phenols is 1. The van der Waals surface area contributed by atoms with Crippen LogP contribution in [0.5, 0.6) is 5.75 Å². The zero-order valence-corrected chi connectivity index (χ0v) is 12.4. The molecule has 0 atom stereocenters. The van der Waals surface area contributed by atoms with Gasteiger partial charge in [-0.05, 0) is 41.1 Å². The van der Waals surface area contributed by atoms with Crippen molar-refractivity contribution < 1.29 is 9.90 Å². The molecule has 0 unspecified atom stereocenters. The molecule has 3 aromatic carbocycles. The van der Waals surface area contributed by atoms with Crippen LogP contribution in [0.15, 0.2) is 66.7 Å². The van der Waals surface area contributed by atoms with Gasteiger partial charge < -0.3 is 5.11 Å². The van der Waals surface area contributed by atoms with Crippen molar-refractivity contribution in [1.29, 1.82) is 0 Å². The first-order chi connectivity index (χ1) is 10.7. The molecule has 0 saturated carbocycles. The molecule has 3 heteroatoms. The van der Waals surface area contributed by atoms with E-state index in [2.05, 4.69) is 0 Å². The molecule has 0 radical (unpaired) electrons. The number of phenolic OH excluding ortho intramolecular Hbond substituents is 1. The van der Waals surface area contributed by atoms with Crippen LogP contribution in [-0.4, -0.2) is 10.9 Å². The minimum atomic E-state index is -0.196. The molecule has 0 heterocycles. The van der Waals surface area contributed by atoms with Gasteiger partial charge in [0.2, 0.25) is 0 Å². The Morgan fingerprint density at radius 1 is 0.955 bits per heavy atom. The zero-order valence-electron chi connectivity index (χ0n) is 11.7. The molecule has 0 amide bonds. The van der Waals surface area contributed by atoms with Crippen LogP contribution in [0, 0.1) is 0 Å². The van der Waals surface area contributed by atoms with E-state index < -0.39 is 0 Å². The Bertz CT molecular complexity index is 881. The largest absolute Gasteiger partial charge is 0.507 e. The second kappa shape index (κ2) is 6.04. The molecule has 0 aliphatic heterocycles. The first kappa shape index (κ1) is 14.4. The van der Waals surface area contributed by atoms with Gasteiger partial charge in [-0.3, -0.25) is 4.79 Å². The highest BCUT2D eigenvalue weighted by atomic mass is 35.5. The second-order valence-electron chi connectivity index (χ2n) is 4.90. The predicted molar refractivity (Wildman–Crippen MR) is 90.4 cm³/mol. The molecule has 0 aliphatic rings. The van der Waals surface area contributed by atoms with Gasteiger partial charge in [0.1, 0.15) is 5.75 Å². The molecular weight excluding hydrogens is 296 g/mol. The first-order valence-corrected chi connectivity index (χ1v) is 7.22. The standard InChI is InChI=1S/C19H13ClO2/c20-17-8-4-3-7-16(17)19(22)12-10-15-14-6-2-1-5-13(14)9-11-18(15)21/h1-12,21H/b12-10+. The second-order valence-corrected chi connectivity index (χ2v) is 5.30. The van der Waals surface area contributed by atoms with Crippen molar-refractivity contribution in [3.63, 3.8) is 0 Å². The van der Waals surface area contributed by atoms with Gasteiger partial charge in [-0.25, -0.2) is 0 Å². The number of ketones is 1. The molecule has 0 spiro atoms. The maximum absolute atomic E-state index is 12.2. The van der Waals surface area contributed by atoms with E-state index in [0.29, 0.717) is 16.1 Å². The van der Waals surface area contributed by atoms with E-state index in [1.165, 1.54) is 6.08 Å². The maximum Gasteiger partial charge on any atom is 0.187 e. The van der Waals surface area contributed by atoms with Gasteiger partial charge in [0.25, 0.3) is 0 Å². The van der Waals surface area contributed by atoms with Gasteiger partial charge in [0.15, 0.2) is 5.78 Å². The SMILES string of the molecule is O=C(/C=C/c1c(O)ccc2ccccc12)c1ccccc1Cl. The number of carbonyl (C=O) groups is 1. The first-order valence-electron chi connectivity index (χ1n) is 6.84. The van der Waals surface area contributed by atoms with Crippen molar-refractivity contribution in [3.05, 3.63) is 82.9 Å². The van der Waals surface area contributed by atoms with Crippen molar-refractivity contribution in [2.75, 3.05) is 0 Å². The van der Waals surface area contributed by atoms with Crippen molar-refractivity contribution in [1.82, 2.24) is 0 Å². The normalized spacial score (nSPS) is 11.1. The number of benzene rings is 3. The van der Waals surface area contributed by atoms with Crippen molar-refractivity contribution in [2.24, 2.45) is 0 Å². The summed E-state index contributed by atoms with van der Waals surface area (Å²) in [6.07, 6.45) is 3.06. The molecule has 0 aromatic heterocycles. The van der Waals surface area contributed by atoms with E-state index in [9.17, 15) is 9.90 Å². The molecule has 0 fully saturated rings. The lowest BCUT2D eigenvalue weighted by Gasteiger charge is -2.05. The number of hydrogen-bond donors (Lipinski definition) is 1. The average molecular weight is 309 g/mol. The van der Waals surface area contributed by atoms with Crippen LogP contribution >= 0.6 is 11.6 Å². The monoisotopic (exact) mass is 308 g/mol. The summed E-state index contributed by atoms with van der Waals surface area (Å²) in [5, 5.41) is 12.4. The fourth-order valence-electron chi connectivity index (χ4n) is 2.37. The summed E-state index contributed by atoms with van der Waals surface area (Å²) in [5.74, 6) is -0.0557. The summed E-state index contributed by atoms with van der Waals surface area (Å²) in [5.41, 5.74) is 1.07. The number of fused-ring (bicyclic) bond motifs is 1. The van der Waals surface area contributed by atoms with Crippen molar-refractivity contribution in [3.8, 4) is 5.75 Å². The zero-order chi connectivity index (χ0) is 15.5. The molecule has 0 aliphatic carbocycles. The molecule has 1 N–H and O–H groups in total. The Labute approximate surface area is 133 Å². The van der Waals surface area contributed by atoms with Crippen LogP contribution in [-0.2, 0) is 0 Å². The summed E-state index contributed by atoms with van der Waals surface area (Å²) >= 11 is 6.02. The summed E-state index contributed by atoms with van der Waals surface area (Å²) in [6.45, 7) is 0. The van der Waals surface area contributed by atoms with E-state index in [1.807, 2.05) is 30.3 Å². The average Bonchev–Trinajstić information content (AvgIpc) is 2.54. The van der Waals surface area contributed by atoms with Gasteiger partial charge >= 0.3 is 0 Å². The van der Waals surface area contributed by atoms with Crippen LogP contribution in [0.2, 0.25) is 5.02 Å². The fraction of sp³-hybridized carbons (Fsp3) is 0. The summed E-state index contributed by atoms with van der Waals surface area (Å²) < 4.78 is 0. The van der Waals surface area contributed by atoms with Gasteiger partial charge in [-0.15, -0.1) is 0 Å². The summed E-state index contributed by atoms with van der Waals surface area (Å²) in [6, 6.07) is 18.1. The third-order valence-corrected chi connectivity index (χ3v) is 3.82. The third-order valence-electron chi connectivity index (χ3n) is 3.49.